The SMILES string of the molecule is CC(CC1CC([Si](C)(C)C2CC(CC(C)c3ccccc3)C3CCCCC32)C2CCCCC12)c1ccccc1.[CH3-].[CH3-].[Cl][Zr+2][Cl]. The molecule has 2 aromatic rings. The summed E-state index contributed by atoms with van der Waals surface area (Å²) in [4.78, 5) is 0. The molecule has 4 aliphatic carbocycles. The van der Waals surface area contributed by atoms with Crippen molar-refractivity contribution in [2.75, 3.05) is 0 Å². The van der Waals surface area contributed by atoms with Gasteiger partial charge in [0.25, 0.3) is 0 Å². The van der Waals surface area contributed by atoms with Gasteiger partial charge in [-0.3, -0.25) is 0 Å². The van der Waals surface area contributed by atoms with Crippen molar-refractivity contribution in [2.24, 2.45) is 35.5 Å². The second kappa shape index (κ2) is 18.0. The molecule has 0 heterocycles. The van der Waals surface area contributed by atoms with Crippen molar-refractivity contribution in [3.05, 3.63) is 86.6 Å². The topological polar surface area (TPSA) is 0 Å². The number of fused-ring (bicyclic) bond motifs is 2. The molecule has 0 nitrogen and oxygen atoms in total. The average Bonchev–Trinajstić information content (AvgIpc) is 3.58. The van der Waals surface area contributed by atoms with E-state index in [-0.39, 0.29) is 14.9 Å². The molecule has 0 N–H and O–H groups in total. The average molecular weight is 733 g/mol. The minimum absolute atomic E-state index is 0. The fourth-order valence-corrected chi connectivity index (χ4v) is 16.6. The predicted molar refractivity (Wildman–Crippen MR) is 196 cm³/mol. The first kappa shape index (κ1) is 38.6. The maximum atomic E-state index is 4.93. The van der Waals surface area contributed by atoms with Gasteiger partial charge in [0.2, 0.25) is 0 Å². The van der Waals surface area contributed by atoms with Crippen molar-refractivity contribution in [3.8, 4) is 0 Å². The van der Waals surface area contributed by atoms with Gasteiger partial charge in [0.15, 0.2) is 0 Å². The molecule has 4 fully saturated rings. The Balaban J connectivity index is 0.00000102. The van der Waals surface area contributed by atoms with Crippen LogP contribution in [0, 0.1) is 50.4 Å². The van der Waals surface area contributed by atoms with Gasteiger partial charge in [0.1, 0.15) is 0 Å². The zero-order chi connectivity index (χ0) is 29.7. The van der Waals surface area contributed by atoms with E-state index in [0.717, 1.165) is 46.6 Å². The van der Waals surface area contributed by atoms with Gasteiger partial charge in [-0.2, -0.15) is 0 Å². The molecule has 44 heavy (non-hydrogen) atoms. The number of benzene rings is 2. The van der Waals surface area contributed by atoms with Crippen LogP contribution in [-0.4, -0.2) is 8.07 Å². The van der Waals surface area contributed by atoms with Crippen molar-refractivity contribution in [3.63, 3.8) is 0 Å². The molecule has 0 bridgehead atoms. The van der Waals surface area contributed by atoms with E-state index in [9.17, 15) is 0 Å². The van der Waals surface area contributed by atoms with E-state index < -0.39 is 28.9 Å². The third-order valence-corrected chi connectivity index (χ3v) is 18.2. The summed E-state index contributed by atoms with van der Waals surface area (Å²) in [5.41, 5.74) is 5.30. The third kappa shape index (κ3) is 8.77. The van der Waals surface area contributed by atoms with Gasteiger partial charge in [-0.15, -0.1) is 0 Å². The molecule has 0 saturated heterocycles. The minimum atomic E-state index is -1.40. The van der Waals surface area contributed by atoms with Crippen LogP contribution in [0.5, 0.6) is 0 Å². The molecule has 4 aliphatic rings. The third-order valence-electron chi connectivity index (χ3n) is 13.1. The fourth-order valence-electron chi connectivity index (χ4n) is 11.2. The Morgan fingerprint density at radius 2 is 0.932 bits per heavy atom. The van der Waals surface area contributed by atoms with Crippen LogP contribution in [0.2, 0.25) is 24.2 Å². The Morgan fingerprint density at radius 3 is 1.27 bits per heavy atom. The van der Waals surface area contributed by atoms with Gasteiger partial charge >= 0.3 is 37.9 Å². The molecular weight excluding hydrogens is 671 g/mol. The predicted octanol–water partition coefficient (Wildman–Crippen LogP) is 13.8. The van der Waals surface area contributed by atoms with Crippen LogP contribution in [0.3, 0.4) is 0 Å². The van der Waals surface area contributed by atoms with Crippen LogP contribution in [-0.2, 0) is 20.8 Å². The molecule has 0 spiro atoms. The van der Waals surface area contributed by atoms with Crippen LogP contribution in [0.25, 0.3) is 0 Å². The summed E-state index contributed by atoms with van der Waals surface area (Å²) in [6.07, 6.45) is 18.2. The summed E-state index contributed by atoms with van der Waals surface area (Å²) >= 11 is -0.826. The van der Waals surface area contributed by atoms with Gasteiger partial charge in [-0.25, -0.2) is 0 Å². The molecule has 0 radical (unpaired) electrons. The molecule has 4 heteroatoms. The Kier molecular flexibility index (Phi) is 15.8. The summed E-state index contributed by atoms with van der Waals surface area (Å²) < 4.78 is 0. The van der Waals surface area contributed by atoms with Crippen molar-refractivity contribution >= 4 is 25.1 Å². The van der Waals surface area contributed by atoms with Crippen LogP contribution < -0.4 is 0 Å². The Bertz CT molecular complexity index is 994. The number of hydrogen-bond donors (Lipinski definition) is 0. The zero-order valence-corrected chi connectivity index (χ0v) is 33.8. The van der Waals surface area contributed by atoms with Gasteiger partial charge in [0.05, 0.1) is 8.07 Å². The van der Waals surface area contributed by atoms with E-state index in [1.54, 1.807) is 36.8 Å². The molecule has 0 amide bonds. The molecule has 2 aromatic carbocycles. The molecular formula is C40H62Cl2SiZr. The first-order valence-electron chi connectivity index (χ1n) is 17.4. The van der Waals surface area contributed by atoms with E-state index in [2.05, 4.69) is 87.6 Å². The van der Waals surface area contributed by atoms with Gasteiger partial charge < -0.3 is 14.9 Å². The Hall–Kier alpha value is 0.120. The van der Waals surface area contributed by atoms with Crippen molar-refractivity contribution in [1.82, 2.24) is 0 Å². The van der Waals surface area contributed by atoms with Gasteiger partial charge in [-0.1, -0.05) is 126 Å². The maximum absolute atomic E-state index is 4.93. The van der Waals surface area contributed by atoms with E-state index in [0.29, 0.717) is 11.8 Å². The van der Waals surface area contributed by atoms with Crippen molar-refractivity contribution < 1.29 is 20.8 Å². The van der Waals surface area contributed by atoms with Gasteiger partial charge in [0, 0.05) is 0 Å². The number of hydrogen-bond acceptors (Lipinski definition) is 0. The number of halogens is 2. The van der Waals surface area contributed by atoms with Crippen LogP contribution in [0.1, 0.15) is 114 Å². The first-order valence-corrected chi connectivity index (χ1v) is 26.9. The summed E-state index contributed by atoms with van der Waals surface area (Å²) in [6, 6.07) is 22.9. The molecule has 0 aliphatic heterocycles. The van der Waals surface area contributed by atoms with Gasteiger partial charge in [-0.05, 0) is 108 Å². The molecule has 10 unspecified atom stereocenters. The molecule has 6 rings (SSSR count). The molecule has 4 saturated carbocycles. The van der Waals surface area contributed by atoms with E-state index >= 15 is 0 Å². The van der Waals surface area contributed by atoms with Crippen molar-refractivity contribution in [2.45, 2.75) is 127 Å². The van der Waals surface area contributed by atoms with E-state index in [1.165, 1.54) is 51.4 Å². The normalized spacial score (nSPS) is 32.3. The standard InChI is InChI=1S/C38H56Si.2CH3.2ClH.Zr/c1-27(29-15-7-5-8-16-29)23-31-25-37(35-21-13-11-19-33(31)35)39(3,4)38-26-32(34-20-12-14-22-36(34)38)24-28(2)30-17-9-6-10-18-30;;;;;/h5-10,15-18,27-28,31-38H,11-14,19-26H2,1-4H3;2*1H3;2*1H;/q;2*-1;;;+4/p-2. The van der Waals surface area contributed by atoms with Crippen LogP contribution in [0.4, 0.5) is 0 Å². The van der Waals surface area contributed by atoms with Crippen LogP contribution in [0.15, 0.2) is 60.7 Å². The number of rotatable bonds is 8. The summed E-state index contributed by atoms with van der Waals surface area (Å²) in [6.45, 7) is 10.9. The quantitative estimate of drug-likeness (QED) is 0.187. The summed E-state index contributed by atoms with van der Waals surface area (Å²) in [5.74, 6) is 7.52. The monoisotopic (exact) mass is 730 g/mol. The van der Waals surface area contributed by atoms with E-state index in [1.807, 2.05) is 0 Å². The Labute approximate surface area is 292 Å². The fraction of sp³-hybridized carbons (Fsp3) is 0.650. The summed E-state index contributed by atoms with van der Waals surface area (Å²) in [5, 5.41) is 0. The second-order valence-electron chi connectivity index (χ2n) is 15.4. The molecule has 0 aromatic heterocycles. The Morgan fingerprint density at radius 1 is 0.614 bits per heavy atom. The van der Waals surface area contributed by atoms with Crippen LogP contribution >= 0.6 is 17.0 Å². The summed E-state index contributed by atoms with van der Waals surface area (Å²) in [7, 11) is 8.47. The zero-order valence-electron chi connectivity index (χ0n) is 28.8. The molecule has 10 atom stereocenters. The van der Waals surface area contributed by atoms with Crippen molar-refractivity contribution in [1.29, 1.82) is 0 Å². The first-order chi connectivity index (χ1) is 20.3. The second-order valence-corrected chi connectivity index (χ2v) is 24.3. The molecule has 244 valence electrons. The van der Waals surface area contributed by atoms with E-state index in [4.69, 9.17) is 17.0 Å².